The molecule has 136 valence electrons. The Bertz CT molecular complexity index is 446. The van der Waals surface area contributed by atoms with Crippen molar-refractivity contribution in [2.24, 2.45) is 23.7 Å². The van der Waals surface area contributed by atoms with Gasteiger partial charge in [0.1, 0.15) is 0 Å². The number of nitrogens with zero attached hydrogens (tertiary/aromatic N) is 2. The van der Waals surface area contributed by atoms with E-state index in [9.17, 15) is 9.59 Å². The smallest absolute Gasteiger partial charge is 0.225 e. The van der Waals surface area contributed by atoms with E-state index in [1.54, 1.807) is 0 Å². The molecule has 0 bridgehead atoms. The fourth-order valence-electron chi connectivity index (χ4n) is 4.41. The summed E-state index contributed by atoms with van der Waals surface area (Å²) in [5, 5.41) is 3.12. The standard InChI is InChI=1S/C19H33N3O2/c1-14-11-15(2)13-21(12-14)10-7-20-18(23)16-5-8-22(9-6-16)19(24)17-3-4-17/h14-17H,3-13H2,1-2H3,(H,20,23)/t14-,15+. The molecule has 24 heavy (non-hydrogen) atoms. The minimum absolute atomic E-state index is 0.0902. The molecule has 2 aliphatic heterocycles. The molecule has 0 unspecified atom stereocenters. The normalized spacial score (nSPS) is 29.5. The van der Waals surface area contributed by atoms with Gasteiger partial charge in [0, 0.05) is 51.1 Å². The number of hydrogen-bond donors (Lipinski definition) is 1. The predicted octanol–water partition coefficient (Wildman–Crippen LogP) is 1.73. The van der Waals surface area contributed by atoms with E-state index in [1.807, 2.05) is 4.90 Å². The minimum Gasteiger partial charge on any atom is -0.355 e. The van der Waals surface area contributed by atoms with Crippen molar-refractivity contribution >= 4 is 11.8 Å². The van der Waals surface area contributed by atoms with Crippen LogP contribution >= 0.6 is 0 Å². The zero-order valence-corrected chi connectivity index (χ0v) is 15.3. The summed E-state index contributed by atoms with van der Waals surface area (Å²) in [6.45, 7) is 10.2. The molecule has 2 saturated heterocycles. The Morgan fingerprint density at radius 1 is 0.958 bits per heavy atom. The third kappa shape index (κ3) is 4.71. The third-order valence-corrected chi connectivity index (χ3v) is 5.78. The van der Waals surface area contributed by atoms with Crippen LogP contribution in [0.3, 0.4) is 0 Å². The first-order valence-corrected chi connectivity index (χ1v) is 9.81. The average molecular weight is 335 g/mol. The van der Waals surface area contributed by atoms with E-state index in [0.717, 1.165) is 76.8 Å². The van der Waals surface area contributed by atoms with Gasteiger partial charge in [0.05, 0.1) is 0 Å². The second-order valence-electron chi connectivity index (χ2n) is 8.37. The second kappa shape index (κ2) is 7.85. The first-order valence-electron chi connectivity index (χ1n) is 9.81. The lowest BCUT2D eigenvalue weighted by Gasteiger charge is -2.35. The molecule has 1 N–H and O–H groups in total. The summed E-state index contributed by atoms with van der Waals surface area (Å²) in [6, 6.07) is 0. The third-order valence-electron chi connectivity index (χ3n) is 5.78. The van der Waals surface area contributed by atoms with E-state index >= 15 is 0 Å². The lowest BCUT2D eigenvalue weighted by molar-refractivity contribution is -0.136. The fraction of sp³-hybridized carbons (Fsp3) is 0.895. The molecule has 3 fully saturated rings. The quantitative estimate of drug-likeness (QED) is 0.832. The Balaban J connectivity index is 1.33. The van der Waals surface area contributed by atoms with Crippen LogP contribution in [0.4, 0.5) is 0 Å². The van der Waals surface area contributed by atoms with Crippen molar-refractivity contribution in [2.75, 3.05) is 39.3 Å². The Hall–Kier alpha value is -1.10. The van der Waals surface area contributed by atoms with E-state index in [-0.39, 0.29) is 11.8 Å². The molecule has 0 spiro atoms. The summed E-state index contributed by atoms with van der Waals surface area (Å²) in [7, 11) is 0. The van der Waals surface area contributed by atoms with Crippen molar-refractivity contribution in [2.45, 2.75) is 46.0 Å². The number of carbonyl (C=O) groups is 2. The van der Waals surface area contributed by atoms with Gasteiger partial charge in [-0.2, -0.15) is 0 Å². The summed E-state index contributed by atoms with van der Waals surface area (Å²) in [6.07, 6.45) is 5.09. The molecular formula is C19H33N3O2. The first kappa shape index (κ1) is 17.7. The maximum Gasteiger partial charge on any atom is 0.225 e. The van der Waals surface area contributed by atoms with E-state index in [4.69, 9.17) is 0 Å². The van der Waals surface area contributed by atoms with Crippen LogP contribution in [0.25, 0.3) is 0 Å². The number of rotatable bonds is 5. The van der Waals surface area contributed by atoms with Crippen LogP contribution in [-0.4, -0.2) is 60.9 Å². The van der Waals surface area contributed by atoms with Crippen LogP contribution in [0, 0.1) is 23.7 Å². The van der Waals surface area contributed by atoms with Gasteiger partial charge in [-0.3, -0.25) is 9.59 Å². The van der Waals surface area contributed by atoms with Crippen molar-refractivity contribution in [1.29, 1.82) is 0 Å². The molecule has 5 heteroatoms. The van der Waals surface area contributed by atoms with Gasteiger partial charge in [-0.25, -0.2) is 0 Å². The molecule has 2 amide bonds. The molecule has 0 radical (unpaired) electrons. The van der Waals surface area contributed by atoms with Crippen molar-refractivity contribution < 1.29 is 9.59 Å². The van der Waals surface area contributed by atoms with Gasteiger partial charge in [0.25, 0.3) is 0 Å². The largest absolute Gasteiger partial charge is 0.355 e. The van der Waals surface area contributed by atoms with Crippen molar-refractivity contribution in [3.8, 4) is 0 Å². The van der Waals surface area contributed by atoms with E-state index < -0.39 is 0 Å². The van der Waals surface area contributed by atoms with Crippen molar-refractivity contribution in [1.82, 2.24) is 15.1 Å². The molecule has 5 nitrogen and oxygen atoms in total. The number of piperidine rings is 2. The predicted molar refractivity (Wildman–Crippen MR) is 94.4 cm³/mol. The minimum atomic E-state index is 0.0902. The molecule has 3 aliphatic rings. The number of likely N-dealkylation sites (tertiary alicyclic amines) is 2. The van der Waals surface area contributed by atoms with Gasteiger partial charge < -0.3 is 15.1 Å². The molecule has 1 saturated carbocycles. The Morgan fingerprint density at radius 3 is 2.17 bits per heavy atom. The zero-order chi connectivity index (χ0) is 17.1. The van der Waals surface area contributed by atoms with Gasteiger partial charge in [-0.15, -0.1) is 0 Å². The highest BCUT2D eigenvalue weighted by Crippen LogP contribution is 2.32. The molecule has 0 aromatic heterocycles. The molecule has 3 rings (SSSR count). The summed E-state index contributed by atoms with van der Waals surface area (Å²) >= 11 is 0. The highest BCUT2D eigenvalue weighted by atomic mass is 16.2. The van der Waals surface area contributed by atoms with Crippen LogP contribution in [-0.2, 0) is 9.59 Å². The fourth-order valence-corrected chi connectivity index (χ4v) is 4.41. The number of hydrogen-bond acceptors (Lipinski definition) is 3. The summed E-state index contributed by atoms with van der Waals surface area (Å²) in [4.78, 5) is 28.9. The maximum atomic E-state index is 12.4. The highest BCUT2D eigenvalue weighted by Gasteiger charge is 2.35. The Labute approximate surface area is 146 Å². The number of nitrogens with one attached hydrogen (secondary N) is 1. The zero-order valence-electron chi connectivity index (χ0n) is 15.3. The molecule has 2 atom stereocenters. The second-order valence-corrected chi connectivity index (χ2v) is 8.37. The van der Waals surface area contributed by atoms with Crippen LogP contribution in [0.2, 0.25) is 0 Å². The molecule has 0 aromatic carbocycles. The van der Waals surface area contributed by atoms with Gasteiger partial charge in [-0.05, 0) is 43.9 Å². The van der Waals surface area contributed by atoms with E-state index in [1.165, 1.54) is 6.42 Å². The van der Waals surface area contributed by atoms with Gasteiger partial charge >= 0.3 is 0 Å². The molecule has 1 aliphatic carbocycles. The number of amides is 2. The van der Waals surface area contributed by atoms with Crippen LogP contribution < -0.4 is 5.32 Å². The van der Waals surface area contributed by atoms with Gasteiger partial charge in [-0.1, -0.05) is 13.8 Å². The number of carbonyl (C=O) groups excluding carboxylic acids is 2. The first-order chi connectivity index (χ1) is 11.5. The van der Waals surface area contributed by atoms with Gasteiger partial charge in [0.2, 0.25) is 11.8 Å². The average Bonchev–Trinajstić information content (AvgIpc) is 3.38. The molecular weight excluding hydrogens is 302 g/mol. The van der Waals surface area contributed by atoms with Gasteiger partial charge in [0.15, 0.2) is 0 Å². The lowest BCUT2D eigenvalue weighted by Crippen LogP contribution is -2.46. The monoisotopic (exact) mass is 335 g/mol. The maximum absolute atomic E-state index is 12.4. The molecule has 2 heterocycles. The molecule has 0 aromatic rings. The van der Waals surface area contributed by atoms with Crippen LogP contribution in [0.1, 0.15) is 46.0 Å². The van der Waals surface area contributed by atoms with Crippen LogP contribution in [0.15, 0.2) is 0 Å². The summed E-state index contributed by atoms with van der Waals surface area (Å²) in [5.74, 6) is 2.42. The SMILES string of the molecule is C[C@@H]1C[C@H](C)CN(CCNC(=O)C2CCN(C(=O)C3CC3)CC2)C1. The Kier molecular flexibility index (Phi) is 5.80. The Morgan fingerprint density at radius 2 is 1.58 bits per heavy atom. The van der Waals surface area contributed by atoms with Crippen molar-refractivity contribution in [3.63, 3.8) is 0 Å². The van der Waals surface area contributed by atoms with E-state index in [0.29, 0.717) is 11.8 Å². The van der Waals surface area contributed by atoms with Crippen molar-refractivity contribution in [3.05, 3.63) is 0 Å². The van der Waals surface area contributed by atoms with E-state index in [2.05, 4.69) is 24.1 Å². The lowest BCUT2D eigenvalue weighted by atomic mass is 9.92. The topological polar surface area (TPSA) is 52.7 Å². The summed E-state index contributed by atoms with van der Waals surface area (Å²) in [5.41, 5.74) is 0. The highest BCUT2D eigenvalue weighted by molar-refractivity contribution is 5.82. The van der Waals surface area contributed by atoms with Crippen LogP contribution in [0.5, 0.6) is 0 Å². The summed E-state index contributed by atoms with van der Waals surface area (Å²) < 4.78 is 0.